The van der Waals surface area contributed by atoms with E-state index in [1.807, 2.05) is 66.7 Å². The number of rotatable bonds is 7. The van der Waals surface area contributed by atoms with Gasteiger partial charge in [0, 0.05) is 5.69 Å². The number of carbonyl (C=O) groups is 1. The van der Waals surface area contributed by atoms with E-state index in [2.05, 4.69) is 10.6 Å². The molecule has 6 nitrogen and oxygen atoms in total. The Bertz CT molecular complexity index is 991. The molecule has 1 aliphatic rings. The summed E-state index contributed by atoms with van der Waals surface area (Å²) in [4.78, 5) is 12.4. The third-order valence-corrected chi connectivity index (χ3v) is 4.62. The van der Waals surface area contributed by atoms with Gasteiger partial charge < -0.3 is 24.8 Å². The average molecular weight is 390 g/mol. The molecule has 0 saturated heterocycles. The lowest BCUT2D eigenvalue weighted by Crippen LogP contribution is -2.38. The summed E-state index contributed by atoms with van der Waals surface area (Å²) in [5, 5.41) is 6.30. The maximum atomic E-state index is 12.4. The van der Waals surface area contributed by atoms with E-state index in [0.29, 0.717) is 30.3 Å². The Hall–Kier alpha value is -3.67. The van der Waals surface area contributed by atoms with Gasteiger partial charge in [-0.2, -0.15) is 0 Å². The van der Waals surface area contributed by atoms with Crippen molar-refractivity contribution in [3.63, 3.8) is 0 Å². The van der Waals surface area contributed by atoms with Crippen LogP contribution in [-0.4, -0.2) is 26.2 Å². The largest absolute Gasteiger partial charge is 0.493 e. The number of methoxy groups -OCH3 is 1. The molecular formula is C23H22N2O4. The highest BCUT2D eigenvalue weighted by molar-refractivity contribution is 6.01. The number of para-hydroxylation sites is 2. The summed E-state index contributed by atoms with van der Waals surface area (Å²) in [6.07, 6.45) is -0.346. The van der Waals surface area contributed by atoms with Crippen LogP contribution in [0.3, 0.4) is 0 Å². The summed E-state index contributed by atoms with van der Waals surface area (Å²) in [5.74, 6) is 1.91. The molecule has 0 spiro atoms. The lowest BCUT2D eigenvalue weighted by molar-refractivity contribution is 0.0935. The first-order valence-corrected chi connectivity index (χ1v) is 9.39. The summed E-state index contributed by atoms with van der Waals surface area (Å²) < 4.78 is 16.9. The zero-order valence-electron chi connectivity index (χ0n) is 16.1. The Kier molecular flexibility index (Phi) is 5.52. The number of hydrogen-bond donors (Lipinski definition) is 2. The predicted octanol–water partition coefficient (Wildman–Crippen LogP) is 4.01. The topological polar surface area (TPSA) is 68.8 Å². The second-order valence-corrected chi connectivity index (χ2v) is 6.52. The van der Waals surface area contributed by atoms with Crippen molar-refractivity contribution >= 4 is 11.6 Å². The minimum atomic E-state index is -0.346. The Morgan fingerprint density at radius 1 is 0.828 bits per heavy atom. The second kappa shape index (κ2) is 8.56. The molecule has 0 bridgehead atoms. The van der Waals surface area contributed by atoms with Crippen molar-refractivity contribution in [2.45, 2.75) is 6.17 Å². The molecule has 1 atom stereocenters. The Morgan fingerprint density at radius 2 is 1.59 bits per heavy atom. The Morgan fingerprint density at radius 3 is 2.41 bits per heavy atom. The standard InChI is InChI=1S/C23H22N2O4/c1-27-21-15-16(22-24-19-10-6-5-9-18(19)23(26)25-22)11-12-20(21)29-14-13-28-17-7-3-2-4-8-17/h2-12,15,22,24H,13-14H2,1H3,(H,25,26). The zero-order valence-corrected chi connectivity index (χ0v) is 16.1. The third-order valence-electron chi connectivity index (χ3n) is 4.62. The fraction of sp³-hybridized carbons (Fsp3) is 0.174. The van der Waals surface area contributed by atoms with Gasteiger partial charge in [0.05, 0.1) is 12.7 Å². The van der Waals surface area contributed by atoms with Crippen LogP contribution in [-0.2, 0) is 0 Å². The van der Waals surface area contributed by atoms with E-state index in [0.717, 1.165) is 17.0 Å². The second-order valence-electron chi connectivity index (χ2n) is 6.52. The molecule has 3 aromatic carbocycles. The van der Waals surface area contributed by atoms with Crippen LogP contribution < -0.4 is 24.8 Å². The van der Waals surface area contributed by atoms with Crippen LogP contribution in [0.2, 0.25) is 0 Å². The van der Waals surface area contributed by atoms with Crippen molar-refractivity contribution in [3.05, 3.63) is 83.9 Å². The van der Waals surface area contributed by atoms with Crippen molar-refractivity contribution in [2.75, 3.05) is 25.6 Å². The highest BCUT2D eigenvalue weighted by Gasteiger charge is 2.24. The van der Waals surface area contributed by atoms with E-state index in [4.69, 9.17) is 14.2 Å². The number of carbonyl (C=O) groups excluding carboxylic acids is 1. The molecule has 0 aromatic heterocycles. The van der Waals surface area contributed by atoms with E-state index in [1.165, 1.54) is 0 Å². The van der Waals surface area contributed by atoms with Gasteiger partial charge in [-0.05, 0) is 42.0 Å². The van der Waals surface area contributed by atoms with Crippen LogP contribution in [0.4, 0.5) is 5.69 Å². The molecule has 1 amide bonds. The lowest BCUT2D eigenvalue weighted by atomic mass is 10.1. The van der Waals surface area contributed by atoms with Crippen molar-refractivity contribution in [2.24, 2.45) is 0 Å². The van der Waals surface area contributed by atoms with Crippen LogP contribution in [0.5, 0.6) is 17.2 Å². The highest BCUT2D eigenvalue weighted by atomic mass is 16.5. The summed E-state index contributed by atoms with van der Waals surface area (Å²) in [5.41, 5.74) is 2.31. The van der Waals surface area contributed by atoms with Crippen LogP contribution in [0.25, 0.3) is 0 Å². The number of anilines is 1. The van der Waals surface area contributed by atoms with Crippen LogP contribution in [0.15, 0.2) is 72.8 Å². The van der Waals surface area contributed by atoms with Crippen LogP contribution in [0.1, 0.15) is 22.1 Å². The van der Waals surface area contributed by atoms with Gasteiger partial charge in [0.15, 0.2) is 11.5 Å². The Balaban J connectivity index is 1.41. The van der Waals surface area contributed by atoms with Gasteiger partial charge >= 0.3 is 0 Å². The lowest BCUT2D eigenvalue weighted by Gasteiger charge is -2.28. The van der Waals surface area contributed by atoms with Gasteiger partial charge in [-0.1, -0.05) is 36.4 Å². The van der Waals surface area contributed by atoms with E-state index in [1.54, 1.807) is 13.2 Å². The summed E-state index contributed by atoms with van der Waals surface area (Å²) in [6, 6.07) is 22.6. The number of benzene rings is 3. The molecule has 0 saturated carbocycles. The van der Waals surface area contributed by atoms with Crippen LogP contribution >= 0.6 is 0 Å². The maximum Gasteiger partial charge on any atom is 0.255 e. The van der Waals surface area contributed by atoms with Gasteiger partial charge in [-0.15, -0.1) is 0 Å². The van der Waals surface area contributed by atoms with Crippen molar-refractivity contribution < 1.29 is 19.0 Å². The van der Waals surface area contributed by atoms with Crippen LogP contribution in [0, 0.1) is 0 Å². The van der Waals surface area contributed by atoms with E-state index in [9.17, 15) is 4.79 Å². The van der Waals surface area contributed by atoms with Gasteiger partial charge in [0.2, 0.25) is 0 Å². The quantitative estimate of drug-likeness (QED) is 0.597. The molecule has 6 heteroatoms. The molecule has 0 aliphatic carbocycles. The zero-order chi connectivity index (χ0) is 20.1. The fourth-order valence-electron chi connectivity index (χ4n) is 3.18. The SMILES string of the molecule is COc1cc(C2NC(=O)c3ccccc3N2)ccc1OCCOc1ccccc1. The predicted molar refractivity (Wildman–Crippen MR) is 111 cm³/mol. The van der Waals surface area contributed by atoms with Gasteiger partial charge in [0.1, 0.15) is 25.1 Å². The molecule has 1 aliphatic heterocycles. The van der Waals surface area contributed by atoms with Gasteiger partial charge in [-0.3, -0.25) is 4.79 Å². The molecule has 0 radical (unpaired) electrons. The minimum absolute atomic E-state index is 0.110. The highest BCUT2D eigenvalue weighted by Crippen LogP contribution is 2.33. The smallest absolute Gasteiger partial charge is 0.255 e. The number of nitrogens with one attached hydrogen (secondary N) is 2. The molecule has 148 valence electrons. The molecule has 3 aromatic rings. The first-order chi connectivity index (χ1) is 14.2. The summed E-state index contributed by atoms with van der Waals surface area (Å²) in [6.45, 7) is 0.808. The average Bonchev–Trinajstić information content (AvgIpc) is 2.77. The molecule has 1 heterocycles. The molecule has 2 N–H and O–H groups in total. The maximum absolute atomic E-state index is 12.4. The molecule has 4 rings (SSSR count). The first kappa shape index (κ1) is 18.7. The fourth-order valence-corrected chi connectivity index (χ4v) is 3.18. The first-order valence-electron chi connectivity index (χ1n) is 9.39. The van der Waals surface area contributed by atoms with E-state index < -0.39 is 0 Å². The van der Waals surface area contributed by atoms with Crippen molar-refractivity contribution in [1.29, 1.82) is 0 Å². The molecular weight excluding hydrogens is 368 g/mol. The summed E-state index contributed by atoms with van der Waals surface area (Å²) >= 11 is 0. The van der Waals surface area contributed by atoms with Gasteiger partial charge in [0.25, 0.3) is 5.91 Å². The number of hydrogen-bond acceptors (Lipinski definition) is 5. The number of ether oxygens (including phenoxy) is 3. The molecule has 0 fully saturated rings. The monoisotopic (exact) mass is 390 g/mol. The third kappa shape index (κ3) is 4.27. The van der Waals surface area contributed by atoms with Crippen molar-refractivity contribution in [3.8, 4) is 17.2 Å². The Labute approximate surface area is 169 Å². The molecule has 29 heavy (non-hydrogen) atoms. The van der Waals surface area contributed by atoms with Crippen molar-refractivity contribution in [1.82, 2.24) is 5.32 Å². The van der Waals surface area contributed by atoms with E-state index >= 15 is 0 Å². The minimum Gasteiger partial charge on any atom is -0.493 e. The number of fused-ring (bicyclic) bond motifs is 1. The summed E-state index contributed by atoms with van der Waals surface area (Å²) in [7, 11) is 1.59. The number of amides is 1. The van der Waals surface area contributed by atoms with Gasteiger partial charge in [-0.25, -0.2) is 0 Å². The molecule has 1 unspecified atom stereocenters. The van der Waals surface area contributed by atoms with E-state index in [-0.39, 0.29) is 12.1 Å². The normalized spacial score (nSPS) is 14.9.